The number of halogens is 7. The Hall–Kier alpha value is -4.57. The molecule has 9 nitrogen and oxygen atoms in total. The van der Waals surface area contributed by atoms with Gasteiger partial charge in [-0.3, -0.25) is 14.6 Å². The summed E-state index contributed by atoms with van der Waals surface area (Å²) < 4.78 is 114. The fraction of sp³-hybridized carbons (Fsp3) is 0.208. The smallest absolute Gasteiger partial charge is 0.510 e. The lowest BCUT2D eigenvalue weighted by Gasteiger charge is -2.26. The van der Waals surface area contributed by atoms with Crippen LogP contribution in [0.4, 0.5) is 36.4 Å². The minimum Gasteiger partial charge on any atom is -0.510 e. The summed E-state index contributed by atoms with van der Waals surface area (Å²) in [4.78, 5) is 28.7. The fourth-order valence-corrected chi connectivity index (χ4v) is 3.47. The molecule has 0 saturated carbocycles. The van der Waals surface area contributed by atoms with Crippen molar-refractivity contribution in [1.82, 2.24) is 4.98 Å². The van der Waals surface area contributed by atoms with Gasteiger partial charge in [-0.1, -0.05) is 0 Å². The topological polar surface area (TPSA) is 122 Å². The molecule has 0 atom stereocenters. The summed E-state index contributed by atoms with van der Waals surface area (Å²) in [5, 5.41) is -0.441. The summed E-state index contributed by atoms with van der Waals surface area (Å²) >= 11 is 0. The van der Waals surface area contributed by atoms with Crippen LogP contribution in [0.1, 0.15) is 32.0 Å². The summed E-state index contributed by atoms with van der Waals surface area (Å²) in [6.07, 6.45) is -9.29. The van der Waals surface area contributed by atoms with Crippen LogP contribution < -0.4 is 30.0 Å². The lowest BCUT2D eigenvalue weighted by molar-refractivity contribution is -0.275. The quantitative estimate of drug-likeness (QED) is 0.278. The molecule has 0 fully saturated rings. The molecule has 2 amide bonds. The number of primary amides is 1. The largest absolute Gasteiger partial charge is 0.573 e. The number of ether oxygens (including phenoxy) is 4. The highest BCUT2D eigenvalue weighted by Gasteiger charge is 2.39. The first-order valence-corrected chi connectivity index (χ1v) is 11.4. The molecule has 0 aliphatic heterocycles. The lowest BCUT2D eigenvalue weighted by Crippen LogP contribution is -2.38. The van der Waals surface area contributed by atoms with Crippen molar-refractivity contribution in [2.24, 2.45) is 5.73 Å². The van der Waals surface area contributed by atoms with Crippen LogP contribution in [0, 0.1) is 12.7 Å². The van der Waals surface area contributed by atoms with E-state index in [1.807, 2.05) is 0 Å². The number of aromatic nitrogens is 1. The molecule has 1 aromatic heterocycles. The summed E-state index contributed by atoms with van der Waals surface area (Å²) in [5.74, 6) is -9.57. The zero-order chi connectivity index (χ0) is 32.5. The number of carbonyl (C=O) groups excluding carboxylic acids is 2. The number of carbonyl (C=O) groups is 2. The van der Waals surface area contributed by atoms with Crippen molar-refractivity contribution in [3.63, 3.8) is 0 Å². The van der Waals surface area contributed by atoms with E-state index in [0.717, 1.165) is 19.4 Å². The Kier molecular flexibility index (Phi) is 9.17. The van der Waals surface area contributed by atoms with E-state index >= 15 is 4.39 Å². The third-order valence-electron chi connectivity index (χ3n) is 5.21. The second-order valence-corrected chi connectivity index (χ2v) is 8.53. The van der Waals surface area contributed by atoms with Gasteiger partial charge in [0.1, 0.15) is 46.3 Å². The van der Waals surface area contributed by atoms with E-state index in [1.54, 1.807) is 0 Å². The Morgan fingerprint density at radius 3 is 2.07 bits per heavy atom. The van der Waals surface area contributed by atoms with Gasteiger partial charge < -0.3 is 30.0 Å². The number of hydrogen-bond acceptors (Lipinski definition) is 7. The van der Waals surface area contributed by atoms with Crippen LogP contribution in [0.25, 0.3) is 0 Å². The predicted octanol–water partition coefficient (Wildman–Crippen LogP) is 4.09. The van der Waals surface area contributed by atoms with Crippen LogP contribution in [0.5, 0.6) is 28.7 Å². The van der Waals surface area contributed by atoms with Crippen LogP contribution in [0.15, 0.2) is 36.5 Å². The maximum atomic E-state index is 15.1. The van der Waals surface area contributed by atoms with E-state index in [2.05, 4.69) is 15.0 Å². The number of nitrogens with two attached hydrogens (primary N) is 1. The number of aryl methyl sites for hydroxylation is 1. The van der Waals surface area contributed by atoms with Crippen LogP contribution in [0.3, 0.4) is 0 Å². The van der Waals surface area contributed by atoms with Crippen molar-refractivity contribution in [3.05, 3.63) is 64.7 Å². The summed E-state index contributed by atoms with van der Waals surface area (Å²) in [6, 6.07) is 3.20. The highest BCUT2D eigenvalue weighted by Crippen LogP contribution is 2.46. The molecule has 0 bridgehead atoms. The normalized spacial score (nSPS) is 11.9. The van der Waals surface area contributed by atoms with Gasteiger partial charge in [0.15, 0.2) is 17.2 Å². The first kappa shape index (κ1) is 32.9. The van der Waals surface area contributed by atoms with E-state index in [4.69, 9.17) is 43.5 Å². The number of alkyl halides is 6. The molecule has 1 heterocycles. The molecule has 43 heavy (non-hydrogen) atoms. The average molecular weight is 607 g/mol. The maximum absolute atomic E-state index is 15.1. The van der Waals surface area contributed by atoms with Crippen molar-refractivity contribution >= 4 is 41.0 Å². The van der Waals surface area contributed by atoms with Crippen LogP contribution in [0.2, 0.25) is 0 Å². The minimum absolute atomic E-state index is 0.109. The molecular weight excluding hydrogens is 592 g/mol. The molecule has 220 valence electrons. The van der Waals surface area contributed by atoms with Crippen LogP contribution in [-0.4, -0.2) is 59.1 Å². The van der Waals surface area contributed by atoms with E-state index < -0.39 is 75.3 Å². The van der Waals surface area contributed by atoms with E-state index in [0.29, 0.717) is 24.3 Å². The van der Waals surface area contributed by atoms with Crippen molar-refractivity contribution < 1.29 is 59.3 Å². The maximum Gasteiger partial charge on any atom is 0.573 e. The Bertz CT molecular complexity index is 1560. The van der Waals surface area contributed by atoms with E-state index in [9.17, 15) is 35.9 Å². The molecule has 6 radical (unpaired) electrons. The highest BCUT2D eigenvalue weighted by atomic mass is 19.4. The second-order valence-electron chi connectivity index (χ2n) is 8.53. The standard InChI is InChI=1S/C24H15B3F7N3O6/c1-9-8-36-12(20(35)38)7-11(9)37-21(39)16-13(4-3-10(18(16)40-2)22(29,30)31)41-15-6-5-14(42-24(32,33)34)17(28)19(15)43-23(25,26)27/h3-8H,1-2H3,(H2,35,38)(H,36,37,39). The molecule has 19 heteroatoms. The zero-order valence-electron chi connectivity index (χ0n) is 21.8. The van der Waals surface area contributed by atoms with Gasteiger partial charge in [0.05, 0.1) is 12.7 Å². The first-order chi connectivity index (χ1) is 19.7. The first-order valence-electron chi connectivity index (χ1n) is 11.4. The highest BCUT2D eigenvalue weighted by molar-refractivity contribution is 6.58. The van der Waals surface area contributed by atoms with Crippen LogP contribution in [-0.2, 0) is 6.18 Å². The monoisotopic (exact) mass is 607 g/mol. The molecule has 0 aliphatic carbocycles. The third-order valence-corrected chi connectivity index (χ3v) is 5.21. The van der Waals surface area contributed by atoms with Gasteiger partial charge in [0.2, 0.25) is 5.82 Å². The van der Waals surface area contributed by atoms with Gasteiger partial charge in [-0.05, 0) is 48.1 Å². The van der Waals surface area contributed by atoms with E-state index in [1.165, 1.54) is 6.92 Å². The Labute approximate surface area is 242 Å². The molecule has 0 saturated heterocycles. The molecule has 3 rings (SSSR count). The van der Waals surface area contributed by atoms with Crippen molar-refractivity contribution in [1.29, 1.82) is 0 Å². The third kappa shape index (κ3) is 8.05. The number of methoxy groups -OCH3 is 1. The molecule has 0 spiro atoms. The number of nitrogens with zero attached hydrogens (tertiary/aromatic N) is 1. The van der Waals surface area contributed by atoms with Gasteiger partial charge in [-0.25, -0.2) is 0 Å². The van der Waals surface area contributed by atoms with Crippen molar-refractivity contribution in [2.45, 2.75) is 24.8 Å². The Balaban J connectivity index is 2.22. The number of rotatable bonds is 9. The SMILES string of the molecule is [B]C([B])([B])Oc1c(Oc2ccc(C(F)(F)F)c(OC)c2C(=O)Nc2cc(C(N)=O)ncc2C)ccc(OC(F)(F)F)c1F. The molecule has 0 unspecified atom stereocenters. The van der Waals surface area contributed by atoms with Gasteiger partial charge in [-0.15, -0.1) is 13.2 Å². The fourth-order valence-electron chi connectivity index (χ4n) is 3.47. The summed E-state index contributed by atoms with van der Waals surface area (Å²) in [5.41, 5.74) is 2.64. The van der Waals surface area contributed by atoms with E-state index in [-0.39, 0.29) is 16.9 Å². The van der Waals surface area contributed by atoms with Crippen molar-refractivity contribution in [2.75, 3.05) is 12.4 Å². The minimum atomic E-state index is -5.36. The number of amides is 2. The molecule has 0 aliphatic rings. The molecular formula is C24H15B3F7N3O6. The molecule has 3 N–H and O–H groups in total. The van der Waals surface area contributed by atoms with Crippen LogP contribution >= 0.6 is 0 Å². The van der Waals surface area contributed by atoms with Crippen molar-refractivity contribution in [3.8, 4) is 28.7 Å². The van der Waals surface area contributed by atoms with Gasteiger partial charge in [0, 0.05) is 11.9 Å². The predicted molar refractivity (Wildman–Crippen MR) is 137 cm³/mol. The number of pyridine rings is 1. The number of nitrogens with one attached hydrogen (secondary N) is 1. The average Bonchev–Trinajstić information content (AvgIpc) is 2.86. The zero-order valence-corrected chi connectivity index (χ0v) is 21.8. The lowest BCUT2D eigenvalue weighted by atomic mass is 9.52. The Morgan fingerprint density at radius 2 is 1.53 bits per heavy atom. The number of anilines is 1. The van der Waals surface area contributed by atoms with Gasteiger partial charge in [-0.2, -0.15) is 17.6 Å². The Morgan fingerprint density at radius 1 is 0.930 bits per heavy atom. The second kappa shape index (κ2) is 12.0. The molecule has 2 aromatic carbocycles. The summed E-state index contributed by atoms with van der Waals surface area (Å²) in [7, 11) is 16.7. The molecule has 3 aromatic rings. The van der Waals surface area contributed by atoms with Gasteiger partial charge >= 0.3 is 12.5 Å². The number of hydrogen-bond donors (Lipinski definition) is 2. The summed E-state index contributed by atoms with van der Waals surface area (Å²) in [6.45, 7) is 1.43. The van der Waals surface area contributed by atoms with Gasteiger partial charge in [0.25, 0.3) is 11.8 Å². The number of benzene rings is 2.